The molecule has 3 N–H and O–H groups in total. The van der Waals surface area contributed by atoms with Gasteiger partial charge in [0.15, 0.2) is 0 Å². The molecule has 2 atom stereocenters. The quantitative estimate of drug-likeness (QED) is 0.774. The van der Waals surface area contributed by atoms with Crippen LogP contribution in [0.15, 0.2) is 30.3 Å². The van der Waals surface area contributed by atoms with E-state index in [4.69, 9.17) is 0 Å². The molecule has 1 aromatic rings. The molecule has 0 radical (unpaired) electrons. The van der Waals surface area contributed by atoms with Gasteiger partial charge in [-0.2, -0.15) is 0 Å². The molecule has 1 heterocycles. The van der Waals surface area contributed by atoms with Crippen molar-refractivity contribution in [3.05, 3.63) is 35.9 Å². The minimum atomic E-state index is -1.13. The van der Waals surface area contributed by atoms with E-state index in [-0.39, 0.29) is 5.92 Å². The number of β-amino-alcohol motifs (C(OH)–C–C–N with tert-alkyl or cyclic N) is 1. The summed E-state index contributed by atoms with van der Waals surface area (Å²) < 4.78 is 0. The van der Waals surface area contributed by atoms with Gasteiger partial charge in [-0.1, -0.05) is 43.2 Å². The van der Waals surface area contributed by atoms with Crippen LogP contribution < -0.4 is 5.32 Å². The lowest BCUT2D eigenvalue weighted by Crippen LogP contribution is -2.51. The maximum atomic E-state index is 11.6. The van der Waals surface area contributed by atoms with Crippen LogP contribution in [0.25, 0.3) is 0 Å². The fourth-order valence-corrected chi connectivity index (χ4v) is 4.24. The predicted molar refractivity (Wildman–Crippen MR) is 92.2 cm³/mol. The van der Waals surface area contributed by atoms with Crippen LogP contribution in [0.2, 0.25) is 0 Å². The molecule has 0 amide bonds. The van der Waals surface area contributed by atoms with E-state index < -0.39 is 11.7 Å². The molecule has 23 heavy (non-hydrogen) atoms. The van der Waals surface area contributed by atoms with Crippen molar-refractivity contribution in [1.29, 1.82) is 0 Å². The van der Waals surface area contributed by atoms with Crippen molar-refractivity contribution in [2.45, 2.75) is 43.8 Å². The summed E-state index contributed by atoms with van der Waals surface area (Å²) in [6, 6.07) is 9.80. The van der Waals surface area contributed by atoms with Crippen molar-refractivity contribution in [2.24, 2.45) is 5.92 Å². The lowest BCUT2D eigenvalue weighted by atomic mass is 9.76. The van der Waals surface area contributed by atoms with Gasteiger partial charge in [0, 0.05) is 19.6 Å². The Bertz CT molecular complexity index is 468. The SMILES string of the molecule is OC(CN1CCCNCC1)C(O)(c1ccccc1)C1CCCC1. The minimum Gasteiger partial charge on any atom is -0.388 e. The zero-order valence-corrected chi connectivity index (χ0v) is 14.0. The molecule has 2 fully saturated rings. The van der Waals surface area contributed by atoms with Crippen LogP contribution in [0.3, 0.4) is 0 Å². The van der Waals surface area contributed by atoms with Crippen molar-refractivity contribution in [1.82, 2.24) is 10.2 Å². The molecule has 4 nitrogen and oxygen atoms in total. The molecule has 0 spiro atoms. The molecule has 1 aliphatic heterocycles. The van der Waals surface area contributed by atoms with Crippen LogP contribution >= 0.6 is 0 Å². The Kier molecular flexibility index (Phi) is 5.70. The zero-order chi connectivity index (χ0) is 16.1. The van der Waals surface area contributed by atoms with E-state index in [0.717, 1.165) is 63.8 Å². The number of hydrogen-bond acceptors (Lipinski definition) is 4. The Morgan fingerprint density at radius 1 is 1.09 bits per heavy atom. The first-order valence-corrected chi connectivity index (χ1v) is 9.10. The summed E-state index contributed by atoms with van der Waals surface area (Å²) >= 11 is 0. The maximum Gasteiger partial charge on any atom is 0.119 e. The first-order valence-electron chi connectivity index (χ1n) is 9.10. The molecule has 1 aromatic carbocycles. The summed E-state index contributed by atoms with van der Waals surface area (Å²) in [5.41, 5.74) is -0.260. The first kappa shape index (κ1) is 16.9. The Morgan fingerprint density at radius 2 is 1.83 bits per heavy atom. The third kappa shape index (κ3) is 3.77. The third-order valence-corrected chi connectivity index (χ3v) is 5.59. The Balaban J connectivity index is 1.79. The normalized spacial score (nSPS) is 25.0. The molecular formula is C19H30N2O2. The van der Waals surface area contributed by atoms with Crippen molar-refractivity contribution < 1.29 is 10.2 Å². The summed E-state index contributed by atoms with van der Waals surface area (Å²) in [6.07, 6.45) is 4.67. The standard InChI is InChI=1S/C19H30N2O2/c22-18(15-21-13-6-11-20-12-14-21)19(23,17-9-4-5-10-17)16-7-2-1-3-8-16/h1-3,7-8,17-18,20,22-23H,4-6,9-15H2. The molecule has 1 saturated carbocycles. The van der Waals surface area contributed by atoms with Crippen LogP contribution in [-0.2, 0) is 5.60 Å². The highest BCUT2D eigenvalue weighted by Gasteiger charge is 2.46. The van der Waals surface area contributed by atoms with Gasteiger partial charge in [0.1, 0.15) is 5.60 Å². The molecule has 0 aromatic heterocycles. The number of aliphatic hydroxyl groups is 2. The number of aliphatic hydroxyl groups excluding tert-OH is 1. The molecule has 1 saturated heterocycles. The molecule has 1 aliphatic carbocycles. The van der Waals surface area contributed by atoms with Crippen LogP contribution in [-0.4, -0.2) is 53.9 Å². The van der Waals surface area contributed by atoms with Gasteiger partial charge in [-0.05, 0) is 43.8 Å². The fourth-order valence-electron chi connectivity index (χ4n) is 4.24. The molecule has 0 bridgehead atoms. The lowest BCUT2D eigenvalue weighted by molar-refractivity contribution is -0.128. The van der Waals surface area contributed by atoms with E-state index in [0.29, 0.717) is 6.54 Å². The van der Waals surface area contributed by atoms with Gasteiger partial charge in [0.25, 0.3) is 0 Å². The summed E-state index contributed by atoms with van der Waals surface area (Å²) in [5, 5.41) is 26.0. The topological polar surface area (TPSA) is 55.7 Å². The van der Waals surface area contributed by atoms with Crippen molar-refractivity contribution >= 4 is 0 Å². The Labute approximate surface area is 139 Å². The average Bonchev–Trinajstić information content (AvgIpc) is 3.01. The lowest BCUT2D eigenvalue weighted by Gasteiger charge is -2.40. The molecule has 3 rings (SSSR count). The number of hydrogen-bond donors (Lipinski definition) is 3. The van der Waals surface area contributed by atoms with Gasteiger partial charge in [0.05, 0.1) is 6.10 Å². The van der Waals surface area contributed by atoms with Crippen LogP contribution in [0.5, 0.6) is 0 Å². The van der Waals surface area contributed by atoms with E-state index >= 15 is 0 Å². The second-order valence-electron chi connectivity index (χ2n) is 7.09. The molecule has 128 valence electrons. The highest BCUT2D eigenvalue weighted by molar-refractivity contribution is 5.25. The van der Waals surface area contributed by atoms with Crippen molar-refractivity contribution in [2.75, 3.05) is 32.7 Å². The van der Waals surface area contributed by atoms with E-state index in [9.17, 15) is 10.2 Å². The van der Waals surface area contributed by atoms with E-state index in [1.165, 1.54) is 0 Å². The summed E-state index contributed by atoms with van der Waals surface area (Å²) in [4.78, 5) is 2.29. The highest BCUT2D eigenvalue weighted by Crippen LogP contribution is 2.43. The van der Waals surface area contributed by atoms with E-state index in [1.54, 1.807) is 0 Å². The third-order valence-electron chi connectivity index (χ3n) is 5.59. The van der Waals surface area contributed by atoms with Crippen LogP contribution in [0.1, 0.15) is 37.7 Å². The van der Waals surface area contributed by atoms with Crippen molar-refractivity contribution in [3.8, 4) is 0 Å². The monoisotopic (exact) mass is 318 g/mol. The second-order valence-corrected chi connectivity index (χ2v) is 7.09. The smallest absolute Gasteiger partial charge is 0.119 e. The van der Waals surface area contributed by atoms with Crippen molar-refractivity contribution in [3.63, 3.8) is 0 Å². The predicted octanol–water partition coefficient (Wildman–Crippen LogP) is 1.72. The van der Waals surface area contributed by atoms with Gasteiger partial charge in [-0.15, -0.1) is 0 Å². The number of rotatable bonds is 5. The first-order chi connectivity index (χ1) is 11.2. The second kappa shape index (κ2) is 7.75. The van der Waals surface area contributed by atoms with Crippen LogP contribution in [0, 0.1) is 5.92 Å². The van der Waals surface area contributed by atoms with Gasteiger partial charge in [0.2, 0.25) is 0 Å². The molecular weight excluding hydrogens is 288 g/mol. The van der Waals surface area contributed by atoms with Crippen LogP contribution in [0.4, 0.5) is 0 Å². The number of nitrogens with one attached hydrogen (secondary N) is 1. The highest BCUT2D eigenvalue weighted by atomic mass is 16.3. The van der Waals surface area contributed by atoms with E-state index in [1.807, 2.05) is 30.3 Å². The molecule has 2 aliphatic rings. The average molecular weight is 318 g/mol. The zero-order valence-electron chi connectivity index (χ0n) is 14.0. The molecule has 4 heteroatoms. The summed E-state index contributed by atoms with van der Waals surface area (Å²) in [5.74, 6) is 0.157. The Hall–Kier alpha value is -0.940. The van der Waals surface area contributed by atoms with E-state index in [2.05, 4.69) is 10.2 Å². The number of benzene rings is 1. The minimum absolute atomic E-state index is 0.157. The molecule has 2 unspecified atom stereocenters. The largest absolute Gasteiger partial charge is 0.388 e. The van der Waals surface area contributed by atoms with Gasteiger partial charge < -0.3 is 15.5 Å². The summed E-state index contributed by atoms with van der Waals surface area (Å²) in [6.45, 7) is 4.47. The summed E-state index contributed by atoms with van der Waals surface area (Å²) in [7, 11) is 0. The fraction of sp³-hybridized carbons (Fsp3) is 0.684. The number of nitrogens with zero attached hydrogens (tertiary/aromatic N) is 1. The Morgan fingerprint density at radius 3 is 2.57 bits per heavy atom. The van der Waals surface area contributed by atoms with Gasteiger partial charge in [-0.25, -0.2) is 0 Å². The van der Waals surface area contributed by atoms with Gasteiger partial charge in [-0.3, -0.25) is 4.90 Å². The maximum absolute atomic E-state index is 11.6. The van der Waals surface area contributed by atoms with Gasteiger partial charge >= 0.3 is 0 Å².